The normalized spacial score (nSPS) is 45.4. The average Bonchev–Trinajstić information content (AvgIpc) is 3.42. The third kappa shape index (κ3) is 8.38. The van der Waals surface area contributed by atoms with Crippen LogP contribution in [0.15, 0.2) is 24.3 Å². The topological polar surface area (TPSA) is 379 Å². The van der Waals surface area contributed by atoms with Crippen molar-refractivity contribution in [2.45, 2.75) is 136 Å². The first-order chi connectivity index (χ1) is 24.5. The first-order valence-corrected chi connectivity index (χ1v) is 16.8. The van der Waals surface area contributed by atoms with Gasteiger partial charge in [-0.15, -0.1) is 0 Å². The molecule has 0 unspecified atom stereocenters. The van der Waals surface area contributed by atoms with Crippen LogP contribution in [0.1, 0.15) is 18.9 Å². The number of nitrogens with one attached hydrogen (secondary N) is 1. The molecule has 1 aliphatic carbocycles. The summed E-state index contributed by atoms with van der Waals surface area (Å²) < 4.78 is 35.3. The molecular formula is C30H49N7O15. The molecular weight excluding hydrogens is 698 g/mol. The summed E-state index contributed by atoms with van der Waals surface area (Å²) in [5, 5.41) is 77.8. The lowest BCUT2D eigenvalue weighted by Crippen LogP contribution is -2.67. The zero-order valence-corrected chi connectivity index (χ0v) is 28.1. The molecule has 22 heteroatoms. The van der Waals surface area contributed by atoms with Gasteiger partial charge in [-0.1, -0.05) is 12.1 Å². The Hall–Kier alpha value is -2.59. The summed E-state index contributed by atoms with van der Waals surface area (Å²) in [6.45, 7) is 1.11. The first kappa shape index (κ1) is 40.6. The van der Waals surface area contributed by atoms with Crippen molar-refractivity contribution < 1.29 is 68.8 Å². The summed E-state index contributed by atoms with van der Waals surface area (Å²) in [4.78, 5) is 24.1. The molecule has 5 rings (SSSR count). The molecule has 4 fully saturated rings. The van der Waals surface area contributed by atoms with Crippen molar-refractivity contribution in [3.8, 4) is 0 Å². The number of non-ortho nitro benzene ring substituents is 1. The van der Waals surface area contributed by atoms with E-state index < -0.39 is 127 Å². The average molecular weight is 748 g/mol. The molecule has 0 spiro atoms. The second-order valence-corrected chi connectivity index (χ2v) is 13.5. The second-order valence-electron chi connectivity index (χ2n) is 13.5. The van der Waals surface area contributed by atoms with Crippen molar-refractivity contribution in [1.82, 2.24) is 5.32 Å². The van der Waals surface area contributed by atoms with Crippen molar-refractivity contribution >= 4 is 11.6 Å². The van der Waals surface area contributed by atoms with Gasteiger partial charge in [0.25, 0.3) is 11.6 Å². The zero-order chi connectivity index (χ0) is 38.2. The lowest BCUT2D eigenvalue weighted by Gasteiger charge is -2.47. The molecule has 22 nitrogen and oxygen atoms in total. The molecule has 1 saturated carbocycles. The van der Waals surface area contributed by atoms with E-state index >= 15 is 0 Å². The minimum Gasteiger partial charge on any atom is -0.389 e. The highest BCUT2D eigenvalue weighted by molar-refractivity contribution is 5.82. The Morgan fingerprint density at radius 2 is 1.37 bits per heavy atom. The Kier molecular flexibility index (Phi) is 13.1. The summed E-state index contributed by atoms with van der Waals surface area (Å²) in [5.41, 5.74) is 30.7. The number of benzene rings is 1. The van der Waals surface area contributed by atoms with Crippen LogP contribution in [-0.2, 0) is 39.8 Å². The van der Waals surface area contributed by atoms with E-state index in [9.17, 15) is 45.5 Å². The van der Waals surface area contributed by atoms with Crippen molar-refractivity contribution in [2.75, 3.05) is 6.54 Å². The maximum absolute atomic E-state index is 13.6. The molecule has 17 N–H and O–H groups in total. The van der Waals surface area contributed by atoms with Gasteiger partial charge < -0.3 is 93.0 Å². The van der Waals surface area contributed by atoms with E-state index in [2.05, 4.69) is 5.32 Å². The fourth-order valence-corrected chi connectivity index (χ4v) is 6.65. The number of nitrogens with zero attached hydrogens (tertiary/aromatic N) is 1. The second kappa shape index (κ2) is 16.8. The van der Waals surface area contributed by atoms with E-state index in [1.807, 2.05) is 0 Å². The molecule has 0 radical (unpaired) electrons. The van der Waals surface area contributed by atoms with Gasteiger partial charge in [0.05, 0.1) is 29.2 Å². The van der Waals surface area contributed by atoms with Gasteiger partial charge in [-0.2, -0.15) is 0 Å². The number of nitrogens with two attached hydrogens (primary N) is 5. The highest BCUT2D eigenvalue weighted by atomic mass is 16.8. The standard InChI is InChI=1S/C30H49N7O15/c1-9-17(38)20(41)15(34)28(47-9)49-23-13(33)6-12(32)18(39)24(23)51-30-22(43)25(50-29-16(35)21(42)19(40)14(7-31)48-29)26(52-30)27(44)36-8-10-2-4-11(5-3-10)37(45)46/h2-5,9,12-26,28-30,38-43H,6-8,31-35H2,1H3,(H,36,44)/t9-,12-,13+,14+,15-,16-,17-,18+,19-,20-,21-,22-,23-,24-,25+,26+,28-,29-,30-/m1/s1. The predicted molar refractivity (Wildman–Crippen MR) is 173 cm³/mol. The number of nitro benzene ring substituents is 1. The molecule has 3 saturated heterocycles. The molecule has 1 aromatic rings. The van der Waals surface area contributed by atoms with Gasteiger partial charge in [-0.05, 0) is 18.9 Å². The van der Waals surface area contributed by atoms with Gasteiger partial charge in [0.1, 0.15) is 54.9 Å². The number of rotatable bonds is 11. The molecule has 294 valence electrons. The Bertz CT molecular complexity index is 1370. The molecule has 19 atom stereocenters. The number of hydrogen-bond donors (Lipinski definition) is 12. The van der Waals surface area contributed by atoms with Crippen LogP contribution in [-0.4, -0.2) is 164 Å². The minimum atomic E-state index is -1.82. The Morgan fingerprint density at radius 1 is 0.788 bits per heavy atom. The zero-order valence-electron chi connectivity index (χ0n) is 28.1. The van der Waals surface area contributed by atoms with Crippen molar-refractivity contribution in [3.63, 3.8) is 0 Å². The van der Waals surface area contributed by atoms with E-state index in [1.54, 1.807) is 0 Å². The van der Waals surface area contributed by atoms with Gasteiger partial charge in [0.15, 0.2) is 25.0 Å². The quantitative estimate of drug-likeness (QED) is 0.0739. The molecule has 1 amide bonds. The highest BCUT2D eigenvalue weighted by Gasteiger charge is 2.55. The number of carbonyl (C=O) groups excluding carboxylic acids is 1. The molecule has 52 heavy (non-hydrogen) atoms. The van der Waals surface area contributed by atoms with Crippen LogP contribution in [0.5, 0.6) is 0 Å². The van der Waals surface area contributed by atoms with Crippen LogP contribution < -0.4 is 34.0 Å². The van der Waals surface area contributed by atoms with Crippen molar-refractivity contribution in [2.24, 2.45) is 28.7 Å². The van der Waals surface area contributed by atoms with E-state index in [4.69, 9.17) is 57.1 Å². The monoisotopic (exact) mass is 747 g/mol. The third-order valence-corrected chi connectivity index (χ3v) is 9.87. The van der Waals surface area contributed by atoms with Gasteiger partial charge >= 0.3 is 0 Å². The van der Waals surface area contributed by atoms with Crippen LogP contribution in [0.4, 0.5) is 5.69 Å². The summed E-state index contributed by atoms with van der Waals surface area (Å²) in [5.74, 6) is -0.845. The van der Waals surface area contributed by atoms with E-state index in [0.717, 1.165) is 0 Å². The van der Waals surface area contributed by atoms with Crippen LogP contribution in [0.25, 0.3) is 0 Å². The van der Waals surface area contributed by atoms with E-state index in [-0.39, 0.29) is 25.2 Å². The molecule has 0 bridgehead atoms. The number of nitro groups is 1. The summed E-state index contributed by atoms with van der Waals surface area (Å²) >= 11 is 0. The number of carbonyl (C=O) groups is 1. The number of aliphatic hydroxyl groups is 6. The molecule has 0 aromatic heterocycles. The van der Waals surface area contributed by atoms with E-state index in [1.165, 1.54) is 31.2 Å². The van der Waals surface area contributed by atoms with E-state index in [0.29, 0.717) is 5.56 Å². The lowest BCUT2D eigenvalue weighted by molar-refractivity contribution is -0.384. The van der Waals surface area contributed by atoms with Crippen LogP contribution >= 0.6 is 0 Å². The first-order valence-electron chi connectivity index (χ1n) is 16.8. The fourth-order valence-electron chi connectivity index (χ4n) is 6.65. The van der Waals surface area contributed by atoms with Gasteiger partial charge in [0.2, 0.25) is 0 Å². The SMILES string of the molecule is C[C@H]1O[C@H](O[C@H]2[C@H](O[C@@H]3O[C@H](C(=O)NCc4ccc([N+](=O)[O-])cc4)[C@@H](O[C@H]4O[C@@H](CN)[C@@H](O)[C@H](O)[C@H]4N)[C@H]3O)[C@@H](O)[C@H](N)C[C@@H]2N)[C@H](N)[C@@H](O)[C@@H]1O. The van der Waals surface area contributed by atoms with Gasteiger partial charge in [0, 0.05) is 37.3 Å². The maximum atomic E-state index is 13.6. The van der Waals surface area contributed by atoms with Gasteiger partial charge in [-0.25, -0.2) is 0 Å². The lowest BCUT2D eigenvalue weighted by atomic mass is 9.84. The smallest absolute Gasteiger partial charge is 0.269 e. The highest BCUT2D eigenvalue weighted by Crippen LogP contribution is 2.34. The van der Waals surface area contributed by atoms with Crippen molar-refractivity contribution in [3.05, 3.63) is 39.9 Å². The molecule has 1 aromatic carbocycles. The number of amides is 1. The maximum Gasteiger partial charge on any atom is 0.269 e. The van der Waals surface area contributed by atoms with Crippen LogP contribution in [0, 0.1) is 10.1 Å². The third-order valence-electron chi connectivity index (χ3n) is 9.87. The fraction of sp³-hybridized carbons (Fsp3) is 0.767. The number of ether oxygens (including phenoxy) is 6. The van der Waals surface area contributed by atoms with Crippen LogP contribution in [0.2, 0.25) is 0 Å². The molecule has 3 heterocycles. The summed E-state index contributed by atoms with van der Waals surface area (Å²) in [6.07, 6.45) is -21.7. The largest absolute Gasteiger partial charge is 0.389 e. The van der Waals surface area contributed by atoms with Crippen molar-refractivity contribution in [1.29, 1.82) is 0 Å². The van der Waals surface area contributed by atoms with Crippen LogP contribution in [0.3, 0.4) is 0 Å². The summed E-state index contributed by atoms with van der Waals surface area (Å²) in [6, 6.07) is 0.869. The van der Waals surface area contributed by atoms with Gasteiger partial charge in [-0.3, -0.25) is 14.9 Å². The minimum absolute atomic E-state index is 0.0370. The molecule has 4 aliphatic rings. The predicted octanol–water partition coefficient (Wildman–Crippen LogP) is -6.60. The Labute approximate surface area is 297 Å². The number of hydrogen-bond acceptors (Lipinski definition) is 20. The molecule has 3 aliphatic heterocycles. The Morgan fingerprint density at radius 3 is 1.98 bits per heavy atom. The Balaban J connectivity index is 1.38. The number of aliphatic hydroxyl groups excluding tert-OH is 6. The summed E-state index contributed by atoms with van der Waals surface area (Å²) in [7, 11) is 0.